The third-order valence-electron chi connectivity index (χ3n) is 6.98. The molecule has 3 heterocycles. The summed E-state index contributed by atoms with van der Waals surface area (Å²) in [6, 6.07) is 11.5. The fraction of sp³-hybridized carbons (Fsp3) is 0.360. The van der Waals surface area contributed by atoms with Gasteiger partial charge in [-0.2, -0.15) is 5.10 Å². The maximum Gasteiger partial charge on any atom is 0.263 e. The van der Waals surface area contributed by atoms with Gasteiger partial charge in [0.05, 0.1) is 18.0 Å². The normalized spacial score (nSPS) is 16.8. The minimum absolute atomic E-state index is 0.0139. The summed E-state index contributed by atoms with van der Waals surface area (Å²) in [5.74, 6) is -0.400. The SMILES string of the molecule is Cn1c(=O)c(C(=O)NCc2cc3ccccc3s2)cc2cnnc(OCC3(S(=O)(=O)C4CC4)CC3)c21. The minimum atomic E-state index is -3.25. The van der Waals surface area contributed by atoms with Crippen LogP contribution in [-0.2, 0) is 23.4 Å². The number of carbonyl (C=O) groups is 1. The van der Waals surface area contributed by atoms with Gasteiger partial charge < -0.3 is 14.6 Å². The molecule has 6 rings (SSSR count). The molecule has 186 valence electrons. The first-order chi connectivity index (χ1) is 17.3. The molecule has 1 N–H and O–H groups in total. The standard InChI is InChI=1S/C25H24N4O5S2/c1-29-21-16(12-27-28-23(21)34-14-25(8-9-25)36(32,33)18-6-7-18)11-19(24(29)31)22(30)26-13-17-10-15-4-2-3-5-20(15)35-17/h2-5,10-12,18H,6-9,13-14H2,1H3,(H,26,30). The van der Waals surface area contributed by atoms with E-state index in [1.165, 1.54) is 23.9 Å². The number of aromatic nitrogens is 3. The lowest BCUT2D eigenvalue weighted by molar-refractivity contribution is 0.0949. The molecule has 2 fully saturated rings. The molecule has 1 aromatic carbocycles. The summed E-state index contributed by atoms with van der Waals surface area (Å²) < 4.78 is 33.0. The van der Waals surface area contributed by atoms with E-state index in [4.69, 9.17) is 4.74 Å². The monoisotopic (exact) mass is 524 g/mol. The van der Waals surface area contributed by atoms with Gasteiger partial charge in [-0.05, 0) is 49.3 Å². The molecule has 0 aliphatic heterocycles. The van der Waals surface area contributed by atoms with Crippen LogP contribution in [0.3, 0.4) is 0 Å². The molecular weight excluding hydrogens is 500 g/mol. The van der Waals surface area contributed by atoms with Crippen LogP contribution in [0.15, 0.2) is 47.4 Å². The second kappa shape index (κ2) is 8.38. The minimum Gasteiger partial charge on any atom is -0.473 e. The molecule has 9 nitrogen and oxygen atoms in total. The van der Waals surface area contributed by atoms with Crippen LogP contribution in [0.1, 0.15) is 40.9 Å². The molecule has 0 unspecified atom stereocenters. The number of aryl methyl sites for hydroxylation is 1. The van der Waals surface area contributed by atoms with Crippen LogP contribution in [0, 0.1) is 0 Å². The summed E-state index contributed by atoms with van der Waals surface area (Å²) in [6.45, 7) is 0.283. The summed E-state index contributed by atoms with van der Waals surface area (Å²) in [7, 11) is -1.71. The largest absolute Gasteiger partial charge is 0.473 e. The molecule has 3 aromatic heterocycles. The van der Waals surface area contributed by atoms with Crippen LogP contribution in [0.5, 0.6) is 5.88 Å². The number of rotatable bonds is 8. The Kier molecular flexibility index (Phi) is 5.38. The van der Waals surface area contributed by atoms with Crippen molar-refractivity contribution in [1.82, 2.24) is 20.1 Å². The number of benzene rings is 1. The molecule has 2 aliphatic rings. The average molecular weight is 525 g/mol. The second-order valence-corrected chi connectivity index (χ2v) is 13.3. The molecule has 4 aromatic rings. The van der Waals surface area contributed by atoms with E-state index in [2.05, 4.69) is 15.5 Å². The Morgan fingerprint density at radius 1 is 1.22 bits per heavy atom. The van der Waals surface area contributed by atoms with Crippen molar-refractivity contribution >= 4 is 48.1 Å². The van der Waals surface area contributed by atoms with Crippen molar-refractivity contribution in [3.05, 3.63) is 63.4 Å². The molecule has 0 spiro atoms. The lowest BCUT2D eigenvalue weighted by atomic mass is 10.2. The van der Waals surface area contributed by atoms with Crippen molar-refractivity contribution < 1.29 is 17.9 Å². The molecular formula is C25H24N4O5S2. The number of nitrogens with one attached hydrogen (secondary N) is 1. The van der Waals surface area contributed by atoms with Gasteiger partial charge in [0.25, 0.3) is 17.3 Å². The molecule has 11 heteroatoms. The summed E-state index contributed by atoms with van der Waals surface area (Å²) in [5.41, 5.74) is -0.142. The van der Waals surface area contributed by atoms with Crippen molar-refractivity contribution in [2.24, 2.45) is 7.05 Å². The number of pyridine rings is 1. The number of ether oxygens (including phenoxy) is 1. The van der Waals surface area contributed by atoms with Crippen LogP contribution < -0.4 is 15.6 Å². The quantitative estimate of drug-likeness (QED) is 0.376. The third kappa shape index (κ3) is 3.86. The smallest absolute Gasteiger partial charge is 0.263 e. The first-order valence-electron chi connectivity index (χ1n) is 11.8. The van der Waals surface area contributed by atoms with Crippen LogP contribution in [0.4, 0.5) is 0 Å². The van der Waals surface area contributed by atoms with E-state index in [1.807, 2.05) is 30.3 Å². The van der Waals surface area contributed by atoms with Gasteiger partial charge in [-0.25, -0.2) is 8.42 Å². The zero-order valence-corrected chi connectivity index (χ0v) is 21.2. The average Bonchev–Trinajstić information content (AvgIpc) is 3.80. The summed E-state index contributed by atoms with van der Waals surface area (Å²) in [4.78, 5) is 27.0. The highest BCUT2D eigenvalue weighted by Gasteiger charge is 2.60. The predicted molar refractivity (Wildman–Crippen MR) is 137 cm³/mol. The van der Waals surface area contributed by atoms with E-state index in [0.717, 1.165) is 15.0 Å². The topological polar surface area (TPSA) is 120 Å². The second-order valence-electron chi connectivity index (χ2n) is 9.53. The van der Waals surface area contributed by atoms with Crippen molar-refractivity contribution in [2.45, 2.75) is 42.2 Å². The van der Waals surface area contributed by atoms with Crippen LogP contribution >= 0.6 is 11.3 Å². The Bertz CT molecular complexity index is 1650. The van der Waals surface area contributed by atoms with Gasteiger partial charge in [-0.1, -0.05) is 18.2 Å². The summed E-state index contributed by atoms with van der Waals surface area (Å²) in [6.07, 6.45) is 4.00. The van der Waals surface area contributed by atoms with E-state index in [1.54, 1.807) is 11.3 Å². The Hall–Kier alpha value is -3.31. The molecule has 2 aliphatic carbocycles. The van der Waals surface area contributed by atoms with Gasteiger partial charge in [0.2, 0.25) is 0 Å². The maximum absolute atomic E-state index is 13.1. The molecule has 1 amide bonds. The Balaban J connectivity index is 1.24. The number of hydrogen-bond donors (Lipinski definition) is 1. The van der Waals surface area contributed by atoms with E-state index in [0.29, 0.717) is 43.1 Å². The number of carbonyl (C=O) groups excluding carboxylic acids is 1. The first kappa shape index (κ1) is 23.1. The fourth-order valence-electron chi connectivity index (χ4n) is 4.55. The summed E-state index contributed by atoms with van der Waals surface area (Å²) >= 11 is 1.59. The molecule has 0 bridgehead atoms. The van der Waals surface area contributed by atoms with Crippen molar-refractivity contribution in [3.8, 4) is 5.88 Å². The Morgan fingerprint density at radius 3 is 2.72 bits per heavy atom. The van der Waals surface area contributed by atoms with E-state index in [-0.39, 0.29) is 23.3 Å². The van der Waals surface area contributed by atoms with Crippen LogP contribution in [0.2, 0.25) is 0 Å². The third-order valence-corrected chi connectivity index (χ3v) is 11.2. The number of sulfone groups is 1. The van der Waals surface area contributed by atoms with Crippen LogP contribution in [0.25, 0.3) is 21.0 Å². The zero-order chi connectivity index (χ0) is 25.1. The van der Waals surface area contributed by atoms with Crippen LogP contribution in [-0.4, -0.2) is 45.7 Å². The Morgan fingerprint density at radius 2 is 2.00 bits per heavy atom. The van der Waals surface area contributed by atoms with Crippen molar-refractivity contribution in [2.75, 3.05) is 6.61 Å². The zero-order valence-electron chi connectivity index (χ0n) is 19.6. The highest BCUT2D eigenvalue weighted by Crippen LogP contribution is 2.50. The van der Waals surface area contributed by atoms with E-state index in [9.17, 15) is 18.0 Å². The predicted octanol–water partition coefficient (Wildman–Crippen LogP) is 2.96. The van der Waals surface area contributed by atoms with E-state index >= 15 is 0 Å². The first-order valence-corrected chi connectivity index (χ1v) is 14.1. The highest BCUT2D eigenvalue weighted by molar-refractivity contribution is 7.94. The van der Waals surface area contributed by atoms with Gasteiger partial charge in [-0.15, -0.1) is 16.4 Å². The number of fused-ring (bicyclic) bond motifs is 2. The molecule has 36 heavy (non-hydrogen) atoms. The number of amides is 1. The van der Waals surface area contributed by atoms with E-state index < -0.39 is 26.1 Å². The van der Waals surface area contributed by atoms with Crippen molar-refractivity contribution in [1.29, 1.82) is 0 Å². The lowest BCUT2D eigenvalue weighted by Gasteiger charge is -2.17. The van der Waals surface area contributed by atoms with Gasteiger partial charge >= 0.3 is 0 Å². The van der Waals surface area contributed by atoms with Gasteiger partial charge in [0, 0.05) is 22.0 Å². The van der Waals surface area contributed by atoms with Gasteiger partial charge in [-0.3, -0.25) is 9.59 Å². The fourth-order valence-corrected chi connectivity index (χ4v) is 7.91. The van der Waals surface area contributed by atoms with Gasteiger partial charge in [0.1, 0.15) is 22.4 Å². The lowest BCUT2D eigenvalue weighted by Crippen LogP contribution is -2.34. The number of hydrogen-bond acceptors (Lipinski definition) is 8. The molecule has 0 atom stereocenters. The van der Waals surface area contributed by atoms with Gasteiger partial charge in [0.15, 0.2) is 9.84 Å². The highest BCUT2D eigenvalue weighted by atomic mass is 32.2. The molecule has 2 saturated carbocycles. The molecule has 0 radical (unpaired) electrons. The Labute approximate surface area is 211 Å². The summed E-state index contributed by atoms with van der Waals surface area (Å²) in [5, 5.41) is 12.2. The van der Waals surface area contributed by atoms with Crippen molar-refractivity contribution in [3.63, 3.8) is 0 Å². The number of nitrogens with zero attached hydrogens (tertiary/aromatic N) is 3. The number of thiophene rings is 1. The maximum atomic E-state index is 13.1. The molecule has 0 saturated heterocycles.